The Bertz CT molecular complexity index is 483. The van der Waals surface area contributed by atoms with Gasteiger partial charge in [-0.2, -0.15) is 0 Å². The molecule has 0 saturated carbocycles. The number of hydrogen-bond acceptors (Lipinski definition) is 4. The van der Waals surface area contributed by atoms with Crippen molar-refractivity contribution in [2.45, 2.75) is 11.9 Å². The molecule has 0 aliphatic carbocycles. The minimum Gasteiger partial charge on any atom is -0.362 e. The summed E-state index contributed by atoms with van der Waals surface area (Å²) in [5, 5.41) is 9.46. The Morgan fingerprint density at radius 1 is 1.32 bits per heavy atom. The van der Waals surface area contributed by atoms with Gasteiger partial charge in [-0.1, -0.05) is 42.1 Å². The van der Waals surface area contributed by atoms with E-state index in [-0.39, 0.29) is 17.3 Å². The Morgan fingerprint density at radius 3 is 2.89 bits per heavy atom. The van der Waals surface area contributed by atoms with E-state index in [0.29, 0.717) is 0 Å². The number of rotatable bonds is 3. The zero-order chi connectivity index (χ0) is 13.1. The predicted octanol–water partition coefficient (Wildman–Crippen LogP) is 1.33. The number of nitrogens with one attached hydrogen (secondary N) is 3. The summed E-state index contributed by atoms with van der Waals surface area (Å²) in [5.74, 6) is 0.251. The summed E-state index contributed by atoms with van der Waals surface area (Å²) in [6, 6.07) is 10.2. The first-order valence-corrected chi connectivity index (χ1v) is 7.40. The van der Waals surface area contributed by atoms with E-state index in [0.717, 1.165) is 24.4 Å². The van der Waals surface area contributed by atoms with Crippen molar-refractivity contribution in [2.24, 2.45) is 5.92 Å². The molecule has 2 aliphatic rings. The Balaban J connectivity index is 1.55. The fourth-order valence-electron chi connectivity index (χ4n) is 2.30. The number of benzene rings is 1. The molecule has 1 fully saturated rings. The van der Waals surface area contributed by atoms with Crippen LogP contribution in [0.5, 0.6) is 0 Å². The molecule has 100 valence electrons. The van der Waals surface area contributed by atoms with Crippen molar-refractivity contribution >= 4 is 22.6 Å². The highest BCUT2D eigenvalue weighted by Crippen LogP contribution is 2.33. The van der Waals surface area contributed by atoms with Gasteiger partial charge in [0.25, 0.3) is 0 Å². The highest BCUT2D eigenvalue weighted by atomic mass is 32.2. The third-order valence-electron chi connectivity index (χ3n) is 3.37. The van der Waals surface area contributed by atoms with Crippen molar-refractivity contribution in [3.05, 3.63) is 42.1 Å². The summed E-state index contributed by atoms with van der Waals surface area (Å²) in [4.78, 5) is 13.2. The normalized spacial score (nSPS) is 25.8. The fourth-order valence-corrected chi connectivity index (χ4v) is 3.27. The second-order valence-electron chi connectivity index (χ2n) is 4.74. The van der Waals surface area contributed by atoms with E-state index >= 15 is 0 Å². The van der Waals surface area contributed by atoms with Gasteiger partial charge < -0.3 is 16.0 Å². The van der Waals surface area contributed by atoms with Crippen molar-refractivity contribution in [1.29, 1.82) is 0 Å². The van der Waals surface area contributed by atoms with Crippen LogP contribution in [-0.4, -0.2) is 24.5 Å². The topological polar surface area (TPSA) is 53.2 Å². The number of hydrogen-bond donors (Lipinski definition) is 3. The highest BCUT2D eigenvalue weighted by Gasteiger charge is 2.26. The molecule has 3 rings (SSSR count). The van der Waals surface area contributed by atoms with Crippen LogP contribution in [0.1, 0.15) is 12.0 Å². The van der Waals surface area contributed by atoms with Gasteiger partial charge in [0.2, 0.25) is 5.91 Å². The van der Waals surface area contributed by atoms with Crippen molar-refractivity contribution in [3.8, 4) is 0 Å². The Hall–Kier alpha value is -1.46. The van der Waals surface area contributed by atoms with Crippen LogP contribution >= 0.6 is 11.8 Å². The maximum atomic E-state index is 12.0. The summed E-state index contributed by atoms with van der Waals surface area (Å²) < 4.78 is 0. The largest absolute Gasteiger partial charge is 0.362 e. The molecule has 0 spiro atoms. The third kappa shape index (κ3) is 2.93. The lowest BCUT2D eigenvalue weighted by molar-refractivity contribution is -0.124. The molecule has 0 bridgehead atoms. The lowest BCUT2D eigenvalue weighted by Gasteiger charge is -2.16. The summed E-state index contributed by atoms with van der Waals surface area (Å²) >= 11 is 1.65. The minimum atomic E-state index is -0.0525. The molecule has 2 unspecified atom stereocenters. The van der Waals surface area contributed by atoms with Gasteiger partial charge in [0.05, 0.1) is 5.92 Å². The molecule has 4 nitrogen and oxygen atoms in total. The molecule has 1 aromatic carbocycles. The summed E-state index contributed by atoms with van der Waals surface area (Å²) in [7, 11) is 0. The van der Waals surface area contributed by atoms with Crippen LogP contribution < -0.4 is 16.0 Å². The molecule has 1 amide bonds. The molecule has 5 heteroatoms. The molecule has 1 aromatic rings. The molecule has 0 aromatic heterocycles. The van der Waals surface area contributed by atoms with Crippen molar-refractivity contribution in [1.82, 2.24) is 16.0 Å². The number of carbonyl (C=O) groups excluding carboxylic acids is 1. The van der Waals surface area contributed by atoms with E-state index in [1.165, 1.54) is 5.56 Å². The molecule has 2 aliphatic heterocycles. The molecule has 2 heterocycles. The molecule has 3 N–H and O–H groups in total. The molecule has 0 radical (unpaired) electrons. The van der Waals surface area contributed by atoms with Gasteiger partial charge in [-0.05, 0) is 18.5 Å². The quantitative estimate of drug-likeness (QED) is 0.779. The zero-order valence-corrected chi connectivity index (χ0v) is 11.4. The van der Waals surface area contributed by atoms with Crippen LogP contribution in [0.15, 0.2) is 36.5 Å². The van der Waals surface area contributed by atoms with E-state index in [4.69, 9.17) is 0 Å². The maximum Gasteiger partial charge on any atom is 0.226 e. The number of thioether (sulfide) groups is 1. The van der Waals surface area contributed by atoms with Crippen molar-refractivity contribution in [3.63, 3.8) is 0 Å². The molecule has 2 atom stereocenters. The van der Waals surface area contributed by atoms with Gasteiger partial charge in [-0.3, -0.25) is 4.79 Å². The molecule has 19 heavy (non-hydrogen) atoms. The molecule has 1 saturated heterocycles. The molecular formula is C14H17N3OS. The van der Waals surface area contributed by atoms with Crippen LogP contribution in [0, 0.1) is 5.92 Å². The van der Waals surface area contributed by atoms with Crippen LogP contribution in [0.4, 0.5) is 0 Å². The van der Waals surface area contributed by atoms with Crippen LogP contribution in [0.3, 0.4) is 0 Å². The van der Waals surface area contributed by atoms with Gasteiger partial charge in [-0.25, -0.2) is 0 Å². The second-order valence-corrected chi connectivity index (χ2v) is 5.88. The van der Waals surface area contributed by atoms with E-state index in [1.54, 1.807) is 11.8 Å². The minimum absolute atomic E-state index is 0.0525. The van der Waals surface area contributed by atoms with E-state index in [1.807, 2.05) is 24.4 Å². The standard InChI is InChI=1S/C14H17N3OS/c18-13(11-6-7-15-8-11)17-14-16-9-12(19-14)10-4-2-1-3-5-10/h1-5,9,11,14-16H,6-8H2,(H,17,18). The first-order chi connectivity index (χ1) is 9.33. The lowest BCUT2D eigenvalue weighted by Crippen LogP contribution is -2.42. The monoisotopic (exact) mass is 275 g/mol. The summed E-state index contributed by atoms with van der Waals surface area (Å²) in [6.07, 6.45) is 2.90. The van der Waals surface area contributed by atoms with Gasteiger partial charge in [0.15, 0.2) is 5.50 Å². The average Bonchev–Trinajstić information content (AvgIpc) is 3.11. The first-order valence-electron chi connectivity index (χ1n) is 6.52. The summed E-state index contributed by atoms with van der Waals surface area (Å²) in [6.45, 7) is 1.74. The van der Waals surface area contributed by atoms with Crippen molar-refractivity contribution < 1.29 is 4.79 Å². The van der Waals surface area contributed by atoms with Crippen LogP contribution in [-0.2, 0) is 4.79 Å². The predicted molar refractivity (Wildman–Crippen MR) is 78.1 cm³/mol. The van der Waals surface area contributed by atoms with Crippen molar-refractivity contribution in [2.75, 3.05) is 13.1 Å². The average molecular weight is 275 g/mol. The molecular weight excluding hydrogens is 258 g/mol. The first kappa shape index (κ1) is 12.6. The third-order valence-corrected chi connectivity index (χ3v) is 4.47. The van der Waals surface area contributed by atoms with Gasteiger partial charge in [-0.15, -0.1) is 0 Å². The van der Waals surface area contributed by atoms with Crippen LogP contribution in [0.25, 0.3) is 4.91 Å². The van der Waals surface area contributed by atoms with Gasteiger partial charge in [0, 0.05) is 17.6 Å². The second kappa shape index (κ2) is 5.67. The smallest absolute Gasteiger partial charge is 0.226 e. The zero-order valence-electron chi connectivity index (χ0n) is 10.6. The van der Waals surface area contributed by atoms with Gasteiger partial charge >= 0.3 is 0 Å². The lowest BCUT2D eigenvalue weighted by atomic mass is 10.1. The highest BCUT2D eigenvalue weighted by molar-refractivity contribution is 8.09. The Morgan fingerprint density at radius 2 is 2.16 bits per heavy atom. The Kier molecular flexibility index (Phi) is 3.75. The van der Waals surface area contributed by atoms with E-state index < -0.39 is 0 Å². The number of amides is 1. The SMILES string of the molecule is O=C(NC1NC=C(c2ccccc2)S1)C1CCNC1. The fraction of sp³-hybridized carbons (Fsp3) is 0.357. The number of carbonyl (C=O) groups is 1. The van der Waals surface area contributed by atoms with E-state index in [2.05, 4.69) is 28.1 Å². The van der Waals surface area contributed by atoms with E-state index in [9.17, 15) is 4.79 Å². The maximum absolute atomic E-state index is 12.0. The summed E-state index contributed by atoms with van der Waals surface area (Å²) in [5.41, 5.74) is 1.13. The Labute approximate surface area is 117 Å². The van der Waals surface area contributed by atoms with Crippen LogP contribution in [0.2, 0.25) is 0 Å². The van der Waals surface area contributed by atoms with Gasteiger partial charge in [0.1, 0.15) is 0 Å².